The maximum absolute atomic E-state index is 3.56. The lowest BCUT2D eigenvalue weighted by Crippen LogP contribution is -2.12. The number of fused-ring (bicyclic) bond motifs is 1. The van der Waals surface area contributed by atoms with Gasteiger partial charge in [-0.05, 0) is 41.8 Å². The minimum Gasteiger partial charge on any atom is -0.310 e. The Kier molecular flexibility index (Phi) is 2.03. The highest BCUT2D eigenvalue weighted by Gasteiger charge is 2.18. The summed E-state index contributed by atoms with van der Waals surface area (Å²) in [6.45, 7) is 1.18. The summed E-state index contributed by atoms with van der Waals surface area (Å²) in [4.78, 5) is 0. The second kappa shape index (κ2) is 3.37. The van der Waals surface area contributed by atoms with E-state index in [0.29, 0.717) is 6.04 Å². The van der Waals surface area contributed by atoms with E-state index >= 15 is 0 Å². The van der Waals surface area contributed by atoms with E-state index in [1.54, 1.807) is 0 Å². The zero-order valence-electron chi connectivity index (χ0n) is 7.99. The lowest BCUT2D eigenvalue weighted by atomic mass is 10.0. The van der Waals surface area contributed by atoms with Crippen LogP contribution in [0.1, 0.15) is 24.4 Å². The van der Waals surface area contributed by atoms with Crippen molar-refractivity contribution in [2.24, 2.45) is 0 Å². The molecule has 2 aromatic rings. The van der Waals surface area contributed by atoms with Crippen molar-refractivity contribution in [1.29, 1.82) is 0 Å². The third-order valence-electron chi connectivity index (χ3n) is 2.95. The van der Waals surface area contributed by atoms with Gasteiger partial charge in [-0.3, -0.25) is 0 Å². The molecular formula is C12H13NS. The molecule has 1 unspecified atom stereocenters. The van der Waals surface area contributed by atoms with E-state index in [0.717, 1.165) is 0 Å². The van der Waals surface area contributed by atoms with Crippen molar-refractivity contribution in [2.75, 3.05) is 6.54 Å². The third kappa shape index (κ3) is 1.26. The molecule has 14 heavy (non-hydrogen) atoms. The van der Waals surface area contributed by atoms with Crippen molar-refractivity contribution >= 4 is 21.4 Å². The van der Waals surface area contributed by atoms with Crippen LogP contribution in [0.4, 0.5) is 0 Å². The first kappa shape index (κ1) is 8.45. The maximum Gasteiger partial charge on any atom is 0.0346 e. The van der Waals surface area contributed by atoms with Crippen molar-refractivity contribution in [3.05, 3.63) is 35.2 Å². The highest BCUT2D eigenvalue weighted by molar-refractivity contribution is 7.17. The van der Waals surface area contributed by atoms with Crippen LogP contribution in [0, 0.1) is 0 Å². The van der Waals surface area contributed by atoms with Gasteiger partial charge in [0.1, 0.15) is 0 Å². The molecule has 1 saturated heterocycles. The fourth-order valence-electron chi connectivity index (χ4n) is 2.22. The van der Waals surface area contributed by atoms with E-state index in [1.807, 2.05) is 11.3 Å². The molecule has 72 valence electrons. The molecule has 1 aliphatic rings. The molecule has 1 N–H and O–H groups in total. The lowest BCUT2D eigenvalue weighted by molar-refractivity contribution is 0.654. The van der Waals surface area contributed by atoms with Crippen LogP contribution in [-0.4, -0.2) is 6.54 Å². The zero-order valence-corrected chi connectivity index (χ0v) is 8.81. The molecule has 2 heteroatoms. The van der Waals surface area contributed by atoms with Crippen LogP contribution in [0.25, 0.3) is 10.1 Å². The smallest absolute Gasteiger partial charge is 0.0346 e. The zero-order chi connectivity index (χ0) is 9.38. The first-order valence-electron chi connectivity index (χ1n) is 5.15. The summed E-state index contributed by atoms with van der Waals surface area (Å²) < 4.78 is 1.41. The second-order valence-electron chi connectivity index (χ2n) is 3.84. The van der Waals surface area contributed by atoms with Crippen LogP contribution < -0.4 is 5.32 Å². The van der Waals surface area contributed by atoms with Gasteiger partial charge in [-0.25, -0.2) is 0 Å². The molecule has 1 aromatic heterocycles. The molecule has 1 aliphatic heterocycles. The molecule has 2 heterocycles. The van der Waals surface area contributed by atoms with Crippen molar-refractivity contribution in [2.45, 2.75) is 18.9 Å². The highest BCUT2D eigenvalue weighted by atomic mass is 32.1. The highest BCUT2D eigenvalue weighted by Crippen LogP contribution is 2.33. The van der Waals surface area contributed by atoms with Gasteiger partial charge < -0.3 is 5.32 Å². The Morgan fingerprint density at radius 1 is 1.29 bits per heavy atom. The van der Waals surface area contributed by atoms with Crippen LogP contribution in [0.15, 0.2) is 29.6 Å². The molecule has 0 radical (unpaired) electrons. The van der Waals surface area contributed by atoms with Gasteiger partial charge in [0.05, 0.1) is 0 Å². The van der Waals surface area contributed by atoms with E-state index in [2.05, 4.69) is 35.0 Å². The number of nitrogens with one attached hydrogen (secondary N) is 1. The van der Waals surface area contributed by atoms with E-state index < -0.39 is 0 Å². The molecule has 0 amide bonds. The summed E-state index contributed by atoms with van der Waals surface area (Å²) in [6.07, 6.45) is 2.61. The Bertz CT molecular complexity index is 440. The number of benzene rings is 1. The molecule has 0 saturated carbocycles. The quantitative estimate of drug-likeness (QED) is 0.749. The summed E-state index contributed by atoms with van der Waals surface area (Å²) >= 11 is 1.86. The average molecular weight is 203 g/mol. The SMILES string of the molecule is c1ccc2c(C3CCCN3)csc2c1. The third-order valence-corrected chi connectivity index (χ3v) is 3.93. The van der Waals surface area contributed by atoms with Crippen LogP contribution in [0.2, 0.25) is 0 Å². The fourth-order valence-corrected chi connectivity index (χ4v) is 3.23. The van der Waals surface area contributed by atoms with Crippen molar-refractivity contribution < 1.29 is 0 Å². The van der Waals surface area contributed by atoms with Crippen molar-refractivity contribution in [3.8, 4) is 0 Å². The van der Waals surface area contributed by atoms with E-state index in [-0.39, 0.29) is 0 Å². The molecule has 1 nitrogen and oxygen atoms in total. The number of hydrogen-bond donors (Lipinski definition) is 1. The standard InChI is InChI=1S/C12H13NS/c1-2-6-12-9(4-1)10(8-14-12)11-5-3-7-13-11/h1-2,4,6,8,11,13H,3,5,7H2. The number of rotatable bonds is 1. The Balaban J connectivity index is 2.11. The van der Waals surface area contributed by atoms with Crippen LogP contribution in [0.3, 0.4) is 0 Å². The summed E-state index contributed by atoms with van der Waals surface area (Å²) in [7, 11) is 0. The number of thiophene rings is 1. The minimum atomic E-state index is 0.603. The Morgan fingerprint density at radius 3 is 3.07 bits per heavy atom. The monoisotopic (exact) mass is 203 g/mol. The Labute approximate surface area is 87.8 Å². The van der Waals surface area contributed by atoms with Crippen LogP contribution in [0.5, 0.6) is 0 Å². The van der Waals surface area contributed by atoms with Crippen molar-refractivity contribution in [3.63, 3.8) is 0 Å². The first-order chi connectivity index (χ1) is 6.95. The van der Waals surface area contributed by atoms with Gasteiger partial charge in [0.15, 0.2) is 0 Å². The molecule has 0 bridgehead atoms. The molecule has 1 atom stereocenters. The normalized spacial score (nSPS) is 21.9. The summed E-state index contributed by atoms with van der Waals surface area (Å²) in [6, 6.07) is 9.30. The van der Waals surface area contributed by atoms with Gasteiger partial charge in [-0.15, -0.1) is 11.3 Å². The largest absolute Gasteiger partial charge is 0.310 e. The van der Waals surface area contributed by atoms with Crippen LogP contribution >= 0.6 is 11.3 Å². The first-order valence-corrected chi connectivity index (χ1v) is 6.02. The minimum absolute atomic E-state index is 0.603. The molecular weight excluding hydrogens is 190 g/mol. The molecule has 1 aromatic carbocycles. The van der Waals surface area contributed by atoms with E-state index in [9.17, 15) is 0 Å². The predicted molar refractivity (Wildman–Crippen MR) is 61.8 cm³/mol. The molecule has 0 spiro atoms. The van der Waals surface area contributed by atoms with Gasteiger partial charge in [-0.2, -0.15) is 0 Å². The van der Waals surface area contributed by atoms with Gasteiger partial charge in [-0.1, -0.05) is 18.2 Å². The fraction of sp³-hybridized carbons (Fsp3) is 0.333. The van der Waals surface area contributed by atoms with Gasteiger partial charge in [0, 0.05) is 10.7 Å². The van der Waals surface area contributed by atoms with E-state index in [4.69, 9.17) is 0 Å². The summed E-state index contributed by atoms with van der Waals surface area (Å²) in [5, 5.41) is 7.31. The Morgan fingerprint density at radius 2 is 2.21 bits per heavy atom. The lowest BCUT2D eigenvalue weighted by Gasteiger charge is -2.08. The molecule has 1 fully saturated rings. The van der Waals surface area contributed by atoms with Crippen molar-refractivity contribution in [1.82, 2.24) is 5.32 Å². The average Bonchev–Trinajstić information content (AvgIpc) is 2.85. The Hall–Kier alpha value is -0.860. The molecule has 0 aliphatic carbocycles. The van der Waals surface area contributed by atoms with Gasteiger partial charge >= 0.3 is 0 Å². The number of hydrogen-bond acceptors (Lipinski definition) is 2. The van der Waals surface area contributed by atoms with E-state index in [1.165, 1.54) is 35.0 Å². The predicted octanol–water partition coefficient (Wildman–Crippen LogP) is 3.33. The van der Waals surface area contributed by atoms with Crippen LogP contribution in [-0.2, 0) is 0 Å². The maximum atomic E-state index is 3.56. The van der Waals surface area contributed by atoms with Gasteiger partial charge in [0.2, 0.25) is 0 Å². The second-order valence-corrected chi connectivity index (χ2v) is 4.75. The van der Waals surface area contributed by atoms with Gasteiger partial charge in [0.25, 0.3) is 0 Å². The topological polar surface area (TPSA) is 12.0 Å². The summed E-state index contributed by atoms with van der Waals surface area (Å²) in [5.41, 5.74) is 1.50. The molecule has 3 rings (SSSR count). The summed E-state index contributed by atoms with van der Waals surface area (Å²) in [5.74, 6) is 0.